The van der Waals surface area contributed by atoms with Gasteiger partial charge >= 0.3 is 0 Å². The molecular formula is C103H180N20. The molecule has 0 radical (unpaired) electrons. The van der Waals surface area contributed by atoms with Crippen LogP contribution in [0.2, 0.25) is 0 Å². The summed E-state index contributed by atoms with van der Waals surface area (Å²) >= 11 is 0. The van der Waals surface area contributed by atoms with E-state index in [-0.39, 0.29) is 0 Å². The summed E-state index contributed by atoms with van der Waals surface area (Å²) in [6.07, 6.45) is 41.9. The lowest BCUT2D eigenvalue weighted by Gasteiger charge is -2.18. The van der Waals surface area contributed by atoms with Crippen molar-refractivity contribution in [3.63, 3.8) is 0 Å². The maximum atomic E-state index is 3.92. The third-order valence-electron chi connectivity index (χ3n) is 12.3. The molecule has 0 N–H and O–H groups in total. The maximum Gasteiger partial charge on any atom is 0.147 e. The molecule has 0 spiro atoms. The van der Waals surface area contributed by atoms with Gasteiger partial charge in [0.25, 0.3) is 0 Å². The second-order valence-corrected chi connectivity index (χ2v) is 21.7. The van der Waals surface area contributed by atoms with Gasteiger partial charge in [-0.2, -0.15) is 25.5 Å². The number of hydrogen-bond acceptors (Lipinski definition) is 20. The Kier molecular flexibility index (Phi) is 148. The minimum atomic E-state index is 0.711. The van der Waals surface area contributed by atoms with Crippen molar-refractivity contribution in [2.45, 2.75) is 329 Å². The average molecular weight is 1700 g/mol. The van der Waals surface area contributed by atoms with Crippen molar-refractivity contribution >= 4 is 10.8 Å². The highest BCUT2D eigenvalue weighted by atomic mass is 15.1. The van der Waals surface area contributed by atoms with Crippen molar-refractivity contribution in [1.29, 1.82) is 0 Å². The van der Waals surface area contributed by atoms with Crippen LogP contribution in [0.25, 0.3) is 10.8 Å². The SMILES string of the molecule is CC.CC.CC.CC.CC.CC.CC.CC.CC.CC.CC.CC.CC.CC.CC1C=C1.CC1CC1.CC1CCC1.CCc1ccccc1.Cc1cccc2ccccc12.Cc1ccccc1.Cc1ccncn1.Cc1ccnnc1.Cc1cnccn1.Cc1cncnc1.Cc1cncnn1.Cc1cnncn1.Cc1nccnn1.Cc1ncncn1. The Bertz CT molecular complexity index is 3110. The third-order valence-corrected chi connectivity index (χ3v) is 12.3. The van der Waals surface area contributed by atoms with E-state index < -0.39 is 0 Å². The zero-order chi connectivity index (χ0) is 97.2. The largest absolute Gasteiger partial charge is 0.261 e. The number of hydrogen-bond donors (Lipinski definition) is 0. The summed E-state index contributed by atoms with van der Waals surface area (Å²) in [5, 5.41) is 31.3. The van der Waals surface area contributed by atoms with Gasteiger partial charge in [0.05, 0.1) is 41.9 Å². The lowest BCUT2D eigenvalue weighted by atomic mass is 9.88. The van der Waals surface area contributed by atoms with Crippen molar-refractivity contribution in [2.24, 2.45) is 17.8 Å². The van der Waals surface area contributed by atoms with Gasteiger partial charge in [0.15, 0.2) is 0 Å². The van der Waals surface area contributed by atoms with Crippen LogP contribution in [0.3, 0.4) is 0 Å². The molecule has 0 atom stereocenters. The first kappa shape index (κ1) is 141. The summed E-state index contributed by atoms with van der Waals surface area (Å²) < 4.78 is 0. The Morgan fingerprint density at radius 1 is 0.268 bits per heavy atom. The molecule has 20 nitrogen and oxygen atoms in total. The molecule has 3 aliphatic carbocycles. The number of benzene rings is 4. The fourth-order valence-corrected chi connectivity index (χ4v) is 6.21. The Morgan fingerprint density at radius 3 is 0.951 bits per heavy atom. The Labute approximate surface area is 756 Å². The van der Waals surface area contributed by atoms with Gasteiger partial charge in [-0.25, -0.2) is 49.8 Å². The van der Waals surface area contributed by atoms with E-state index in [1.54, 1.807) is 81.3 Å². The Balaban J connectivity index is -0.0000000945. The molecular weight excluding hydrogens is 1520 g/mol. The van der Waals surface area contributed by atoms with Crippen LogP contribution in [0.1, 0.15) is 316 Å². The van der Waals surface area contributed by atoms with E-state index in [1.165, 1.54) is 97.5 Å². The molecule has 3 aliphatic rings. The van der Waals surface area contributed by atoms with Crippen molar-refractivity contribution in [3.05, 3.63) is 302 Å². The van der Waals surface area contributed by atoms with Crippen molar-refractivity contribution in [2.75, 3.05) is 0 Å². The van der Waals surface area contributed by atoms with Gasteiger partial charge in [-0.05, 0) is 139 Å². The van der Waals surface area contributed by atoms with Crippen LogP contribution in [0.5, 0.6) is 0 Å². The van der Waals surface area contributed by atoms with E-state index in [1.807, 2.05) is 279 Å². The highest BCUT2D eigenvalue weighted by Gasteiger charge is 2.12. The molecule has 12 aromatic rings. The maximum absolute atomic E-state index is 3.92. The molecule has 0 aliphatic heterocycles. The normalized spacial score (nSPS) is 9.28. The number of aryl methyl sites for hydroxylation is 11. The zero-order valence-corrected chi connectivity index (χ0v) is 85.9. The van der Waals surface area contributed by atoms with Crippen LogP contribution < -0.4 is 0 Å². The van der Waals surface area contributed by atoms with E-state index in [9.17, 15) is 0 Å². The van der Waals surface area contributed by atoms with Crippen LogP contribution >= 0.6 is 0 Å². The smallest absolute Gasteiger partial charge is 0.147 e. The standard InChI is InChI=1S/C11H10.C8H10.C7H8.4C5H6N2.C5H10.4C4H5N3.C4H8.C4H6.14C2H6/c1-9-5-4-7-10-6-2-3-8-11(9)10;1-2-8-6-4-3-5-7-8;1-7-5-3-2-4-6-7;1-5-2-6-4-7-3-5;1-5-4-6-2-3-7-5;1-5-2-3-6-4-7-5;1-5-2-3-6-7-4-5;1-5-3-2-4-5;1-4-6-2-5-3-7-4;1-4-2-6-7-3-5-4;1-4-2-5-3-6-7-4;1-4-5-2-3-6-7-4;2*1-4-2-3-4;14*1-2/h2-8H,1H3;3-7H,2H2,1H3;2-6H,1H3;4*2-4H,1H3;5H,2-4H2,1H3;4*2-3H,1H3;4H,2-3H2,1H3;2-4H,1H3;14*1-2H3. The Morgan fingerprint density at radius 2 is 0.715 bits per heavy atom. The molecule has 8 heterocycles. The van der Waals surface area contributed by atoms with Gasteiger partial charge in [0.1, 0.15) is 49.6 Å². The molecule has 123 heavy (non-hydrogen) atoms. The number of nitrogens with zero attached hydrogens (tertiary/aromatic N) is 20. The molecule has 20 heteroatoms. The second-order valence-electron chi connectivity index (χ2n) is 21.7. The highest BCUT2D eigenvalue weighted by molar-refractivity contribution is 5.85. The summed E-state index contributed by atoms with van der Waals surface area (Å²) in [5.74, 6) is 4.45. The summed E-state index contributed by atoms with van der Waals surface area (Å²) in [6, 6.07) is 39.3. The molecule has 0 amide bonds. The van der Waals surface area contributed by atoms with Crippen LogP contribution in [0, 0.1) is 87.0 Å². The minimum absolute atomic E-state index is 0.711. The van der Waals surface area contributed by atoms with Crippen LogP contribution in [0.15, 0.2) is 240 Å². The van der Waals surface area contributed by atoms with Gasteiger partial charge < -0.3 is 0 Å². The molecule has 0 unspecified atom stereocenters. The highest BCUT2D eigenvalue weighted by Crippen LogP contribution is 2.27. The van der Waals surface area contributed by atoms with Crippen molar-refractivity contribution in [3.8, 4) is 0 Å². The summed E-state index contributed by atoms with van der Waals surface area (Å²) in [4.78, 5) is 45.3. The summed E-state index contributed by atoms with van der Waals surface area (Å²) in [7, 11) is 0. The van der Waals surface area contributed by atoms with Gasteiger partial charge in [0, 0.05) is 55.3 Å². The molecule has 4 aromatic carbocycles. The molecule has 692 valence electrons. The predicted molar refractivity (Wildman–Crippen MR) is 540 cm³/mol. The fourth-order valence-electron chi connectivity index (χ4n) is 6.21. The number of allylic oxidation sites excluding steroid dienone is 2. The third kappa shape index (κ3) is 122. The van der Waals surface area contributed by atoms with E-state index in [0.717, 1.165) is 63.9 Å². The zero-order valence-electron chi connectivity index (χ0n) is 85.9. The number of aromatic nitrogens is 20. The minimum Gasteiger partial charge on any atom is -0.261 e. The lowest BCUT2D eigenvalue weighted by Crippen LogP contribution is -2.04. The van der Waals surface area contributed by atoms with E-state index >= 15 is 0 Å². The van der Waals surface area contributed by atoms with Gasteiger partial charge in [-0.3, -0.25) is 9.97 Å². The second kappa shape index (κ2) is 129. The molecule has 2 fully saturated rings. The molecule has 0 bridgehead atoms. The predicted octanol–water partition coefficient (Wildman–Crippen LogP) is 30.0. The monoisotopic (exact) mass is 1700 g/mol. The van der Waals surface area contributed by atoms with Gasteiger partial charge in [-0.15, -0.1) is 15.3 Å². The summed E-state index contributed by atoms with van der Waals surface area (Å²) in [6.45, 7) is 84.3. The molecule has 15 rings (SSSR count). The first-order chi connectivity index (χ1) is 60.0. The fraction of sp³-hybridized carbons (Fsp3) is 0.495. The van der Waals surface area contributed by atoms with Gasteiger partial charge in [-0.1, -0.05) is 375 Å². The molecule has 0 saturated heterocycles. The van der Waals surface area contributed by atoms with E-state index in [4.69, 9.17) is 0 Å². The van der Waals surface area contributed by atoms with Crippen LogP contribution in [-0.4, -0.2) is 101 Å². The topological polar surface area (TPSA) is 258 Å². The first-order valence-corrected chi connectivity index (χ1v) is 45.5. The van der Waals surface area contributed by atoms with E-state index in [0.29, 0.717) is 5.82 Å². The van der Waals surface area contributed by atoms with Crippen molar-refractivity contribution < 1.29 is 0 Å². The number of fused-ring (bicyclic) bond motifs is 1. The van der Waals surface area contributed by atoms with E-state index in [2.05, 4.69) is 233 Å². The summed E-state index contributed by atoms with van der Waals surface area (Å²) in [5.41, 5.74) is 10.0. The quantitative estimate of drug-likeness (QED) is 0.138. The molecule has 8 aromatic heterocycles. The first-order valence-electron chi connectivity index (χ1n) is 45.5. The van der Waals surface area contributed by atoms with Crippen LogP contribution in [0.4, 0.5) is 0 Å². The molecule has 2 saturated carbocycles. The lowest BCUT2D eigenvalue weighted by molar-refractivity contribution is 0.346. The number of rotatable bonds is 1. The Hall–Kier alpha value is -10.8. The van der Waals surface area contributed by atoms with Crippen LogP contribution in [-0.2, 0) is 6.42 Å². The average Bonchev–Trinajstić information content (AvgIpc) is 1.79. The van der Waals surface area contributed by atoms with Crippen molar-refractivity contribution in [1.82, 2.24) is 101 Å². The van der Waals surface area contributed by atoms with Gasteiger partial charge in [0.2, 0.25) is 0 Å².